The Balaban J connectivity index is 2.06. The fraction of sp³-hybridized carbons (Fsp3) is 0.643. The molecule has 0 unspecified atom stereocenters. The van der Waals surface area contributed by atoms with E-state index < -0.39 is 16.0 Å². The Morgan fingerprint density at radius 1 is 1.33 bits per heavy atom. The SMILES string of the molecule is C[C@H](NS(=O)(=O)c1c[nH]c(C(=O)O)c1)C1CCCCCC1. The number of hydrogen-bond acceptors (Lipinski definition) is 3. The summed E-state index contributed by atoms with van der Waals surface area (Å²) in [5, 5.41) is 8.83. The van der Waals surface area contributed by atoms with Crippen LogP contribution in [0.4, 0.5) is 0 Å². The van der Waals surface area contributed by atoms with Gasteiger partial charge in [0, 0.05) is 12.2 Å². The minimum Gasteiger partial charge on any atom is -0.477 e. The zero-order valence-corrected chi connectivity index (χ0v) is 12.9. The summed E-state index contributed by atoms with van der Waals surface area (Å²) >= 11 is 0. The lowest BCUT2D eigenvalue weighted by Crippen LogP contribution is -2.37. The van der Waals surface area contributed by atoms with Crippen LogP contribution in [0.25, 0.3) is 0 Å². The van der Waals surface area contributed by atoms with Gasteiger partial charge in [-0.05, 0) is 31.7 Å². The van der Waals surface area contributed by atoms with Crippen molar-refractivity contribution in [3.63, 3.8) is 0 Å². The van der Waals surface area contributed by atoms with Gasteiger partial charge >= 0.3 is 5.97 Å². The number of carboxylic acids is 1. The molecule has 0 aromatic carbocycles. The van der Waals surface area contributed by atoms with Crippen molar-refractivity contribution in [2.45, 2.75) is 56.4 Å². The van der Waals surface area contributed by atoms with Crippen LogP contribution in [-0.2, 0) is 10.0 Å². The quantitative estimate of drug-likeness (QED) is 0.726. The molecule has 0 amide bonds. The first-order valence-corrected chi connectivity index (χ1v) is 8.82. The molecule has 1 heterocycles. The maximum absolute atomic E-state index is 12.3. The van der Waals surface area contributed by atoms with Crippen molar-refractivity contribution in [3.8, 4) is 0 Å². The van der Waals surface area contributed by atoms with Gasteiger partial charge in [0.15, 0.2) is 0 Å². The van der Waals surface area contributed by atoms with Gasteiger partial charge in [0.25, 0.3) is 0 Å². The molecule has 6 nitrogen and oxygen atoms in total. The smallest absolute Gasteiger partial charge is 0.352 e. The highest BCUT2D eigenvalue weighted by Crippen LogP contribution is 2.26. The lowest BCUT2D eigenvalue weighted by molar-refractivity contribution is 0.0691. The molecule has 2 rings (SSSR count). The summed E-state index contributed by atoms with van der Waals surface area (Å²) in [7, 11) is -3.68. The van der Waals surface area contributed by atoms with E-state index in [1.54, 1.807) is 0 Å². The minimum absolute atomic E-state index is 0.0274. The minimum atomic E-state index is -3.68. The van der Waals surface area contributed by atoms with Crippen LogP contribution in [0, 0.1) is 5.92 Å². The molecule has 1 aliphatic rings. The number of nitrogens with one attached hydrogen (secondary N) is 2. The van der Waals surface area contributed by atoms with Crippen molar-refractivity contribution in [2.24, 2.45) is 5.92 Å². The summed E-state index contributed by atoms with van der Waals surface area (Å²) in [4.78, 5) is 13.2. The number of H-pyrrole nitrogens is 1. The second-order valence-corrected chi connectivity index (χ2v) is 7.43. The van der Waals surface area contributed by atoms with E-state index >= 15 is 0 Å². The van der Waals surface area contributed by atoms with Gasteiger partial charge in [0.2, 0.25) is 10.0 Å². The fourth-order valence-corrected chi connectivity index (χ4v) is 4.18. The van der Waals surface area contributed by atoms with Crippen molar-refractivity contribution < 1.29 is 18.3 Å². The first-order chi connectivity index (χ1) is 9.90. The predicted octanol–water partition coefficient (Wildman–Crippen LogP) is 2.35. The van der Waals surface area contributed by atoms with E-state index in [0.717, 1.165) is 31.7 Å². The lowest BCUT2D eigenvalue weighted by atomic mass is 9.94. The van der Waals surface area contributed by atoms with E-state index in [1.165, 1.54) is 19.0 Å². The molecule has 0 radical (unpaired) electrons. The summed E-state index contributed by atoms with van der Waals surface area (Å²) in [6.45, 7) is 1.89. The summed E-state index contributed by atoms with van der Waals surface area (Å²) in [6, 6.07) is 1.00. The number of carboxylic acid groups (broad SMARTS) is 1. The second-order valence-electron chi connectivity index (χ2n) is 5.72. The maximum Gasteiger partial charge on any atom is 0.352 e. The van der Waals surface area contributed by atoms with Gasteiger partial charge in [-0.25, -0.2) is 17.9 Å². The molecule has 1 aromatic heterocycles. The van der Waals surface area contributed by atoms with E-state index in [1.807, 2.05) is 6.92 Å². The van der Waals surface area contributed by atoms with Crippen LogP contribution in [0.5, 0.6) is 0 Å². The van der Waals surface area contributed by atoms with E-state index in [-0.39, 0.29) is 16.6 Å². The van der Waals surface area contributed by atoms with Crippen molar-refractivity contribution in [2.75, 3.05) is 0 Å². The molecule has 1 aromatic rings. The van der Waals surface area contributed by atoms with E-state index in [0.29, 0.717) is 5.92 Å². The first-order valence-electron chi connectivity index (χ1n) is 7.34. The first kappa shape index (κ1) is 16.0. The van der Waals surface area contributed by atoms with E-state index in [2.05, 4.69) is 9.71 Å². The molecule has 0 saturated heterocycles. The lowest BCUT2D eigenvalue weighted by Gasteiger charge is -2.23. The van der Waals surface area contributed by atoms with Gasteiger partial charge in [0.05, 0.1) is 0 Å². The van der Waals surface area contributed by atoms with Crippen molar-refractivity contribution in [1.82, 2.24) is 9.71 Å². The monoisotopic (exact) mass is 314 g/mol. The van der Waals surface area contributed by atoms with Crippen LogP contribution in [-0.4, -0.2) is 30.5 Å². The molecule has 1 fully saturated rings. The van der Waals surface area contributed by atoms with Gasteiger partial charge in [-0.1, -0.05) is 25.7 Å². The highest BCUT2D eigenvalue weighted by atomic mass is 32.2. The van der Waals surface area contributed by atoms with Gasteiger partial charge in [-0.3, -0.25) is 0 Å². The molecular formula is C14H22N2O4S. The molecular weight excluding hydrogens is 292 g/mol. The molecule has 1 aliphatic carbocycles. The zero-order valence-electron chi connectivity index (χ0n) is 12.1. The Hall–Kier alpha value is -1.34. The van der Waals surface area contributed by atoms with Gasteiger partial charge in [-0.15, -0.1) is 0 Å². The Morgan fingerprint density at radius 3 is 2.48 bits per heavy atom. The standard InChI is InChI=1S/C14H22N2O4S/c1-10(11-6-4-2-3-5-7-11)16-21(19,20)12-8-13(14(17)18)15-9-12/h8-11,15-16H,2-7H2,1H3,(H,17,18)/t10-/m0/s1. The van der Waals surface area contributed by atoms with Crippen LogP contribution in [0.3, 0.4) is 0 Å². The summed E-state index contributed by atoms with van der Waals surface area (Å²) < 4.78 is 27.2. The van der Waals surface area contributed by atoms with Gasteiger partial charge in [-0.2, -0.15) is 0 Å². The van der Waals surface area contributed by atoms with Gasteiger partial charge in [0.1, 0.15) is 10.6 Å². The fourth-order valence-electron chi connectivity index (χ4n) is 2.87. The van der Waals surface area contributed by atoms with Crippen LogP contribution in [0.15, 0.2) is 17.2 Å². The zero-order chi connectivity index (χ0) is 15.5. The normalized spacial score (nSPS) is 19.1. The van der Waals surface area contributed by atoms with E-state index in [9.17, 15) is 13.2 Å². The Bertz CT molecular complexity index is 586. The average molecular weight is 314 g/mol. The van der Waals surface area contributed by atoms with Gasteiger partial charge < -0.3 is 10.1 Å². The molecule has 1 saturated carbocycles. The Kier molecular flexibility index (Phi) is 5.05. The molecule has 21 heavy (non-hydrogen) atoms. The number of sulfonamides is 1. The molecule has 118 valence electrons. The third-order valence-corrected chi connectivity index (χ3v) is 5.68. The van der Waals surface area contributed by atoms with Crippen LogP contribution >= 0.6 is 0 Å². The van der Waals surface area contributed by atoms with Crippen LogP contribution in [0.2, 0.25) is 0 Å². The number of aromatic amines is 1. The second kappa shape index (κ2) is 6.62. The highest BCUT2D eigenvalue weighted by molar-refractivity contribution is 7.89. The largest absolute Gasteiger partial charge is 0.477 e. The molecule has 7 heteroatoms. The number of aromatic nitrogens is 1. The predicted molar refractivity (Wildman–Crippen MR) is 78.7 cm³/mol. The van der Waals surface area contributed by atoms with Crippen molar-refractivity contribution in [1.29, 1.82) is 0 Å². The molecule has 0 aliphatic heterocycles. The Morgan fingerprint density at radius 2 is 1.95 bits per heavy atom. The number of carbonyl (C=O) groups is 1. The van der Waals surface area contributed by atoms with Crippen LogP contribution in [0.1, 0.15) is 55.9 Å². The topological polar surface area (TPSA) is 99.3 Å². The van der Waals surface area contributed by atoms with Crippen molar-refractivity contribution >= 4 is 16.0 Å². The average Bonchev–Trinajstić information content (AvgIpc) is 2.76. The van der Waals surface area contributed by atoms with Crippen LogP contribution < -0.4 is 4.72 Å². The summed E-state index contributed by atoms with van der Waals surface area (Å²) in [5.41, 5.74) is -0.127. The Labute approximate surface area is 125 Å². The summed E-state index contributed by atoms with van der Waals surface area (Å²) in [5.74, 6) is -0.826. The number of rotatable bonds is 5. The molecule has 0 bridgehead atoms. The third-order valence-electron chi connectivity index (χ3n) is 4.15. The molecule has 1 atom stereocenters. The molecule has 3 N–H and O–H groups in total. The number of hydrogen-bond donors (Lipinski definition) is 3. The third kappa shape index (κ3) is 4.07. The molecule has 0 spiro atoms. The summed E-state index contributed by atoms with van der Waals surface area (Å²) in [6.07, 6.45) is 8.01. The van der Waals surface area contributed by atoms with E-state index in [4.69, 9.17) is 5.11 Å². The maximum atomic E-state index is 12.3. The highest BCUT2D eigenvalue weighted by Gasteiger charge is 2.25. The number of aromatic carboxylic acids is 1. The van der Waals surface area contributed by atoms with Crippen molar-refractivity contribution in [3.05, 3.63) is 18.0 Å².